The summed E-state index contributed by atoms with van der Waals surface area (Å²) < 4.78 is 0. The van der Waals surface area contributed by atoms with Crippen molar-refractivity contribution >= 4 is 29.1 Å². The molecule has 0 aromatic rings. The van der Waals surface area contributed by atoms with E-state index in [1.54, 1.807) is 6.92 Å². The second-order valence-electron chi connectivity index (χ2n) is 4.14. The van der Waals surface area contributed by atoms with Crippen LogP contribution in [-0.4, -0.2) is 22.7 Å². The van der Waals surface area contributed by atoms with Crippen molar-refractivity contribution in [3.8, 4) is 0 Å². The predicted molar refractivity (Wildman–Crippen MR) is 60.0 cm³/mol. The molecule has 1 atom stereocenters. The molecule has 0 aliphatic heterocycles. The smallest absolute Gasteiger partial charge is 0.242 e. The monoisotopic (exact) mass is 237 g/mol. The van der Waals surface area contributed by atoms with Gasteiger partial charge in [0, 0.05) is 6.04 Å². The normalized spacial score (nSPS) is 22.8. The van der Waals surface area contributed by atoms with E-state index < -0.39 is 4.87 Å². The average Bonchev–Trinajstić information content (AvgIpc) is 2.19. The lowest BCUT2D eigenvalue weighted by Crippen LogP contribution is -2.46. The molecule has 0 aromatic carbocycles. The fraction of sp³-hybridized carbons (Fsp3) is 0.900. The van der Waals surface area contributed by atoms with Crippen LogP contribution in [0.3, 0.4) is 0 Å². The van der Waals surface area contributed by atoms with Crippen LogP contribution in [0.2, 0.25) is 0 Å². The van der Waals surface area contributed by atoms with Crippen LogP contribution in [-0.2, 0) is 4.79 Å². The maximum atomic E-state index is 11.6. The van der Waals surface area contributed by atoms with Gasteiger partial charge in [-0.2, -0.15) is 0 Å². The fourth-order valence-corrected chi connectivity index (χ4v) is 1.82. The topological polar surface area (TPSA) is 29.1 Å². The lowest BCUT2D eigenvalue weighted by molar-refractivity contribution is -0.123. The molecule has 4 heteroatoms. The highest BCUT2D eigenvalue weighted by Crippen LogP contribution is 2.21. The molecular formula is C10H17Cl2NO. The Morgan fingerprint density at radius 1 is 1.43 bits per heavy atom. The van der Waals surface area contributed by atoms with Crippen LogP contribution in [0.1, 0.15) is 39.0 Å². The van der Waals surface area contributed by atoms with Gasteiger partial charge in [-0.1, -0.05) is 19.3 Å². The molecule has 14 heavy (non-hydrogen) atoms. The molecule has 82 valence electrons. The number of hydrogen-bond acceptors (Lipinski definition) is 1. The second-order valence-corrected chi connectivity index (χ2v) is 5.24. The number of alkyl halides is 2. The van der Waals surface area contributed by atoms with Gasteiger partial charge in [0.1, 0.15) is 4.87 Å². The van der Waals surface area contributed by atoms with Crippen molar-refractivity contribution in [3.63, 3.8) is 0 Å². The van der Waals surface area contributed by atoms with Crippen LogP contribution in [0, 0.1) is 0 Å². The van der Waals surface area contributed by atoms with E-state index in [2.05, 4.69) is 5.32 Å². The first-order chi connectivity index (χ1) is 6.56. The SMILES string of the molecule is C[C@@](Cl)(CCl)C(=O)NC1CCCCC1. The van der Waals surface area contributed by atoms with Crippen molar-refractivity contribution in [2.45, 2.75) is 49.9 Å². The first-order valence-corrected chi connectivity index (χ1v) is 6.03. The summed E-state index contributed by atoms with van der Waals surface area (Å²) in [7, 11) is 0. The fourth-order valence-electron chi connectivity index (χ4n) is 1.64. The van der Waals surface area contributed by atoms with E-state index in [1.807, 2.05) is 0 Å². The summed E-state index contributed by atoms with van der Waals surface area (Å²) in [5, 5.41) is 2.95. The van der Waals surface area contributed by atoms with Gasteiger partial charge in [-0.15, -0.1) is 23.2 Å². The highest BCUT2D eigenvalue weighted by atomic mass is 35.5. The van der Waals surface area contributed by atoms with Gasteiger partial charge >= 0.3 is 0 Å². The number of rotatable bonds is 3. The molecule has 1 rings (SSSR count). The molecule has 0 aromatic heterocycles. The Kier molecular flexibility index (Phi) is 4.52. The molecule has 0 spiro atoms. The van der Waals surface area contributed by atoms with Crippen molar-refractivity contribution in [2.75, 3.05) is 5.88 Å². The highest BCUT2D eigenvalue weighted by Gasteiger charge is 2.31. The van der Waals surface area contributed by atoms with Gasteiger partial charge in [0.25, 0.3) is 0 Å². The summed E-state index contributed by atoms with van der Waals surface area (Å²) in [5.74, 6) is 0.00804. The number of halogens is 2. The molecule has 1 aliphatic rings. The Morgan fingerprint density at radius 3 is 2.50 bits per heavy atom. The van der Waals surface area contributed by atoms with Crippen LogP contribution in [0.5, 0.6) is 0 Å². The molecule has 1 fully saturated rings. The minimum atomic E-state index is -0.959. The lowest BCUT2D eigenvalue weighted by atomic mass is 9.95. The quantitative estimate of drug-likeness (QED) is 0.752. The molecule has 1 N–H and O–H groups in total. The van der Waals surface area contributed by atoms with Gasteiger partial charge in [0.05, 0.1) is 5.88 Å². The first-order valence-electron chi connectivity index (χ1n) is 5.12. The van der Waals surface area contributed by atoms with E-state index in [0.29, 0.717) is 6.04 Å². The van der Waals surface area contributed by atoms with Gasteiger partial charge in [0.2, 0.25) is 5.91 Å². The van der Waals surface area contributed by atoms with Gasteiger partial charge < -0.3 is 5.32 Å². The average molecular weight is 238 g/mol. The van der Waals surface area contributed by atoms with E-state index in [4.69, 9.17) is 23.2 Å². The summed E-state index contributed by atoms with van der Waals surface area (Å²) in [6, 6.07) is 0.303. The Morgan fingerprint density at radius 2 is 2.00 bits per heavy atom. The van der Waals surface area contributed by atoms with Gasteiger partial charge in [-0.05, 0) is 19.8 Å². The number of carbonyl (C=O) groups is 1. The third-order valence-corrected chi connectivity index (χ3v) is 3.64. The van der Waals surface area contributed by atoms with Gasteiger partial charge in [0.15, 0.2) is 0 Å². The molecule has 1 saturated carbocycles. The zero-order chi connectivity index (χ0) is 10.6. The van der Waals surface area contributed by atoms with E-state index in [9.17, 15) is 4.79 Å². The minimum absolute atomic E-state index is 0.138. The van der Waals surface area contributed by atoms with Gasteiger partial charge in [-0.3, -0.25) is 4.79 Å². The van der Waals surface area contributed by atoms with Crippen molar-refractivity contribution in [1.29, 1.82) is 0 Å². The molecule has 0 heterocycles. The third kappa shape index (κ3) is 3.32. The van der Waals surface area contributed by atoms with E-state index in [-0.39, 0.29) is 11.8 Å². The van der Waals surface area contributed by atoms with Crippen LogP contribution < -0.4 is 5.32 Å². The summed E-state index contributed by atoms with van der Waals surface area (Å²) in [6.45, 7) is 1.65. The summed E-state index contributed by atoms with van der Waals surface area (Å²) in [5.41, 5.74) is 0. The van der Waals surface area contributed by atoms with Crippen LogP contribution in [0.4, 0.5) is 0 Å². The summed E-state index contributed by atoms with van der Waals surface area (Å²) in [6.07, 6.45) is 5.82. The Hall–Kier alpha value is 0.0500. The summed E-state index contributed by atoms with van der Waals surface area (Å²) in [4.78, 5) is 10.7. The van der Waals surface area contributed by atoms with E-state index in [0.717, 1.165) is 12.8 Å². The second kappa shape index (κ2) is 5.22. The lowest BCUT2D eigenvalue weighted by Gasteiger charge is -2.26. The van der Waals surface area contributed by atoms with Crippen LogP contribution in [0.15, 0.2) is 0 Å². The standard InChI is InChI=1S/C10H17Cl2NO/c1-10(12,7-11)9(14)13-8-5-3-2-4-6-8/h8H,2-7H2,1H3,(H,13,14)/t10-/m1/s1. The molecule has 2 nitrogen and oxygen atoms in total. The summed E-state index contributed by atoms with van der Waals surface area (Å²) >= 11 is 11.6. The van der Waals surface area contributed by atoms with Crippen molar-refractivity contribution in [3.05, 3.63) is 0 Å². The highest BCUT2D eigenvalue weighted by molar-refractivity contribution is 6.39. The Labute approximate surface area is 95.3 Å². The van der Waals surface area contributed by atoms with Crippen molar-refractivity contribution < 1.29 is 4.79 Å². The van der Waals surface area contributed by atoms with Crippen LogP contribution in [0.25, 0.3) is 0 Å². The van der Waals surface area contributed by atoms with Crippen LogP contribution >= 0.6 is 23.2 Å². The maximum Gasteiger partial charge on any atom is 0.242 e. The van der Waals surface area contributed by atoms with E-state index >= 15 is 0 Å². The molecule has 1 aliphatic carbocycles. The predicted octanol–water partition coefficient (Wildman–Crippen LogP) is 2.67. The number of nitrogens with one attached hydrogen (secondary N) is 1. The number of hydrogen-bond donors (Lipinski definition) is 1. The molecule has 0 unspecified atom stereocenters. The number of carbonyl (C=O) groups excluding carboxylic acids is 1. The zero-order valence-electron chi connectivity index (χ0n) is 8.48. The Bertz CT molecular complexity index is 200. The maximum absolute atomic E-state index is 11.6. The largest absolute Gasteiger partial charge is 0.352 e. The molecule has 0 saturated heterocycles. The Balaban J connectivity index is 2.39. The van der Waals surface area contributed by atoms with Gasteiger partial charge in [-0.25, -0.2) is 0 Å². The van der Waals surface area contributed by atoms with E-state index in [1.165, 1.54) is 19.3 Å². The number of amides is 1. The molecule has 0 radical (unpaired) electrons. The zero-order valence-corrected chi connectivity index (χ0v) is 10.00. The van der Waals surface area contributed by atoms with Crippen molar-refractivity contribution in [2.24, 2.45) is 0 Å². The molecule has 0 bridgehead atoms. The molecular weight excluding hydrogens is 221 g/mol. The van der Waals surface area contributed by atoms with Crippen molar-refractivity contribution in [1.82, 2.24) is 5.32 Å². The minimum Gasteiger partial charge on any atom is -0.352 e. The molecule has 1 amide bonds. The first kappa shape index (κ1) is 12.1. The third-order valence-electron chi connectivity index (χ3n) is 2.66.